The van der Waals surface area contributed by atoms with Crippen LogP contribution >= 0.6 is 27.5 Å². The summed E-state index contributed by atoms with van der Waals surface area (Å²) in [6.45, 7) is 0. The van der Waals surface area contributed by atoms with Crippen LogP contribution in [0.2, 0.25) is 0 Å². The molecule has 0 atom stereocenters. The van der Waals surface area contributed by atoms with E-state index in [4.69, 9.17) is 11.6 Å². The zero-order chi connectivity index (χ0) is 9.14. The predicted octanol–water partition coefficient (Wildman–Crippen LogP) is 3.01. The average molecular weight is 251 g/mol. The zero-order valence-electron chi connectivity index (χ0n) is 5.98. The molecule has 64 valence electrons. The lowest BCUT2D eigenvalue weighted by molar-refractivity contribution is 0.102. The van der Waals surface area contributed by atoms with Crippen LogP contribution in [-0.4, -0.2) is 11.7 Å². The molecule has 0 saturated carbocycles. The van der Waals surface area contributed by atoms with Crippen molar-refractivity contribution in [3.63, 3.8) is 0 Å². The van der Waals surface area contributed by atoms with Crippen molar-refractivity contribution in [2.24, 2.45) is 0 Å². The van der Waals surface area contributed by atoms with E-state index in [-0.39, 0.29) is 21.7 Å². The molecule has 0 spiro atoms. The highest BCUT2D eigenvalue weighted by Crippen LogP contribution is 2.20. The van der Waals surface area contributed by atoms with Crippen LogP contribution in [-0.2, 0) is 0 Å². The van der Waals surface area contributed by atoms with Gasteiger partial charge in [0, 0.05) is 5.56 Å². The van der Waals surface area contributed by atoms with Gasteiger partial charge in [-0.2, -0.15) is 0 Å². The van der Waals surface area contributed by atoms with Gasteiger partial charge in [-0.25, -0.2) is 4.39 Å². The molecule has 0 aliphatic heterocycles. The third kappa shape index (κ3) is 1.84. The molecule has 0 N–H and O–H groups in total. The van der Waals surface area contributed by atoms with Gasteiger partial charge in [-0.15, -0.1) is 11.6 Å². The average Bonchev–Trinajstić information content (AvgIpc) is 2.08. The van der Waals surface area contributed by atoms with E-state index in [9.17, 15) is 9.18 Å². The van der Waals surface area contributed by atoms with Gasteiger partial charge < -0.3 is 0 Å². The molecule has 0 amide bonds. The van der Waals surface area contributed by atoms with Crippen molar-refractivity contribution in [3.05, 3.63) is 34.1 Å². The smallest absolute Gasteiger partial charge is 0.178 e. The number of carbonyl (C=O) groups is 1. The molecule has 0 saturated heterocycles. The Morgan fingerprint density at radius 1 is 1.58 bits per heavy atom. The highest BCUT2D eigenvalue weighted by molar-refractivity contribution is 9.10. The van der Waals surface area contributed by atoms with E-state index < -0.39 is 5.82 Å². The SMILES string of the molecule is O=C(CCl)c1cccc(F)c1Br. The largest absolute Gasteiger partial charge is 0.293 e. The summed E-state index contributed by atoms with van der Waals surface area (Å²) in [6.07, 6.45) is 0. The van der Waals surface area contributed by atoms with Crippen LogP contribution in [0.5, 0.6) is 0 Å². The predicted molar refractivity (Wildman–Crippen MR) is 49.2 cm³/mol. The van der Waals surface area contributed by atoms with Crippen LogP contribution in [0.1, 0.15) is 10.4 Å². The summed E-state index contributed by atoms with van der Waals surface area (Å²) in [5.74, 6) is -0.879. The second kappa shape index (κ2) is 4.01. The topological polar surface area (TPSA) is 17.1 Å². The van der Waals surface area contributed by atoms with E-state index in [1.165, 1.54) is 18.2 Å². The standard InChI is InChI=1S/C8H5BrClFO/c9-8-5(7(12)4-10)2-1-3-6(8)11/h1-3H,4H2. The van der Waals surface area contributed by atoms with Crippen LogP contribution in [0.3, 0.4) is 0 Å². The Morgan fingerprint density at radius 3 is 2.83 bits per heavy atom. The fraction of sp³-hybridized carbons (Fsp3) is 0.125. The first-order valence-electron chi connectivity index (χ1n) is 3.20. The summed E-state index contributed by atoms with van der Waals surface area (Å²) < 4.78 is 13.0. The summed E-state index contributed by atoms with van der Waals surface area (Å²) in [7, 11) is 0. The highest BCUT2D eigenvalue weighted by Gasteiger charge is 2.10. The Hall–Kier alpha value is -0.410. The van der Waals surface area contributed by atoms with Gasteiger partial charge in [0.1, 0.15) is 5.82 Å². The van der Waals surface area contributed by atoms with Gasteiger partial charge in [0.25, 0.3) is 0 Å². The monoisotopic (exact) mass is 250 g/mol. The van der Waals surface area contributed by atoms with Crippen molar-refractivity contribution < 1.29 is 9.18 Å². The summed E-state index contributed by atoms with van der Waals surface area (Å²) >= 11 is 8.29. The zero-order valence-corrected chi connectivity index (χ0v) is 8.32. The first-order valence-corrected chi connectivity index (χ1v) is 4.52. The summed E-state index contributed by atoms with van der Waals surface area (Å²) in [5.41, 5.74) is 0.282. The highest BCUT2D eigenvalue weighted by atomic mass is 79.9. The maximum atomic E-state index is 12.8. The number of hydrogen-bond acceptors (Lipinski definition) is 1. The minimum Gasteiger partial charge on any atom is -0.293 e. The summed E-state index contributed by atoms with van der Waals surface area (Å²) in [6, 6.07) is 4.27. The van der Waals surface area contributed by atoms with Gasteiger partial charge in [0.15, 0.2) is 5.78 Å². The summed E-state index contributed by atoms with van der Waals surface area (Å²) in [4.78, 5) is 11.1. The second-order valence-corrected chi connectivity index (χ2v) is 3.22. The van der Waals surface area contributed by atoms with Crippen molar-refractivity contribution in [2.45, 2.75) is 0 Å². The molecule has 1 nitrogen and oxygen atoms in total. The third-order valence-electron chi connectivity index (χ3n) is 1.37. The number of Topliss-reactive ketones (excluding diaryl/α,β-unsaturated/α-hetero) is 1. The lowest BCUT2D eigenvalue weighted by Crippen LogP contribution is -2.02. The minimum atomic E-state index is -0.453. The Kier molecular flexibility index (Phi) is 3.23. The molecule has 1 aromatic carbocycles. The van der Waals surface area contributed by atoms with Gasteiger partial charge in [0.05, 0.1) is 10.4 Å². The number of halogens is 3. The Balaban J connectivity index is 3.16. The maximum Gasteiger partial charge on any atom is 0.178 e. The van der Waals surface area contributed by atoms with Crippen LogP contribution in [0.15, 0.2) is 22.7 Å². The van der Waals surface area contributed by atoms with Gasteiger partial charge >= 0.3 is 0 Å². The molecule has 12 heavy (non-hydrogen) atoms. The van der Waals surface area contributed by atoms with E-state index in [2.05, 4.69) is 15.9 Å². The molecule has 0 aromatic heterocycles. The van der Waals surface area contributed by atoms with E-state index in [0.717, 1.165) is 0 Å². The second-order valence-electron chi connectivity index (χ2n) is 2.16. The molecule has 1 rings (SSSR count). The molecule has 0 aliphatic rings. The fourth-order valence-electron chi connectivity index (χ4n) is 0.791. The maximum absolute atomic E-state index is 12.8. The van der Waals surface area contributed by atoms with Crippen molar-refractivity contribution in [1.82, 2.24) is 0 Å². The molecule has 4 heteroatoms. The van der Waals surface area contributed by atoms with Gasteiger partial charge in [0.2, 0.25) is 0 Å². The number of rotatable bonds is 2. The molecule has 0 radical (unpaired) electrons. The quantitative estimate of drug-likeness (QED) is 0.583. The van der Waals surface area contributed by atoms with Crippen molar-refractivity contribution in [3.8, 4) is 0 Å². The molecule has 0 heterocycles. The third-order valence-corrected chi connectivity index (χ3v) is 2.42. The van der Waals surface area contributed by atoms with E-state index >= 15 is 0 Å². The Morgan fingerprint density at radius 2 is 2.25 bits per heavy atom. The molecular formula is C8H5BrClFO. The molecular weight excluding hydrogens is 246 g/mol. The summed E-state index contributed by atoms with van der Waals surface area (Å²) in [5, 5.41) is 0. The van der Waals surface area contributed by atoms with Crippen molar-refractivity contribution in [2.75, 3.05) is 5.88 Å². The number of ketones is 1. The number of benzene rings is 1. The normalized spacial score (nSPS) is 9.92. The number of alkyl halides is 1. The molecule has 0 unspecified atom stereocenters. The van der Waals surface area contributed by atoms with Crippen LogP contribution < -0.4 is 0 Å². The van der Waals surface area contributed by atoms with Crippen LogP contribution in [0.4, 0.5) is 4.39 Å². The molecule has 0 fully saturated rings. The Labute approximate surface area is 82.7 Å². The van der Waals surface area contributed by atoms with Crippen LogP contribution in [0, 0.1) is 5.82 Å². The number of hydrogen-bond donors (Lipinski definition) is 0. The molecule has 0 bridgehead atoms. The fourth-order valence-corrected chi connectivity index (χ4v) is 1.42. The van der Waals surface area contributed by atoms with Crippen molar-refractivity contribution >= 4 is 33.3 Å². The lowest BCUT2D eigenvalue weighted by atomic mass is 10.1. The lowest BCUT2D eigenvalue weighted by Gasteiger charge is -2.00. The minimum absolute atomic E-state index is 0.137. The molecule has 0 aliphatic carbocycles. The van der Waals surface area contributed by atoms with Gasteiger partial charge in [-0.05, 0) is 22.0 Å². The molecule has 1 aromatic rings. The first-order chi connectivity index (χ1) is 5.66. The van der Waals surface area contributed by atoms with Crippen LogP contribution in [0.25, 0.3) is 0 Å². The van der Waals surface area contributed by atoms with Gasteiger partial charge in [-0.1, -0.05) is 12.1 Å². The first kappa shape index (κ1) is 9.68. The van der Waals surface area contributed by atoms with E-state index in [1.807, 2.05) is 0 Å². The van der Waals surface area contributed by atoms with E-state index in [1.54, 1.807) is 0 Å². The van der Waals surface area contributed by atoms with Gasteiger partial charge in [-0.3, -0.25) is 4.79 Å². The Bertz CT molecular complexity index is 314. The van der Waals surface area contributed by atoms with E-state index in [0.29, 0.717) is 0 Å². The number of carbonyl (C=O) groups excluding carboxylic acids is 1. The van der Waals surface area contributed by atoms with Crippen molar-refractivity contribution in [1.29, 1.82) is 0 Å².